The molecule has 20 heavy (non-hydrogen) atoms. The number of hydrazone groups is 1. The van der Waals surface area contributed by atoms with Gasteiger partial charge in [0.15, 0.2) is 0 Å². The summed E-state index contributed by atoms with van der Waals surface area (Å²) in [4.78, 5) is 23.7. The van der Waals surface area contributed by atoms with Crippen molar-refractivity contribution in [2.75, 3.05) is 18.4 Å². The van der Waals surface area contributed by atoms with Gasteiger partial charge in [0, 0.05) is 24.9 Å². The maximum Gasteiger partial charge on any atom is 0.258 e. The van der Waals surface area contributed by atoms with E-state index in [1.807, 2.05) is 19.9 Å². The minimum atomic E-state index is -0.166. The molecule has 1 aliphatic rings. The van der Waals surface area contributed by atoms with E-state index in [1.165, 1.54) is 0 Å². The summed E-state index contributed by atoms with van der Waals surface area (Å²) in [6, 6.07) is 1.82. The van der Waals surface area contributed by atoms with Crippen molar-refractivity contribution in [1.82, 2.24) is 20.4 Å². The number of H-pyrrole nitrogens is 1. The third-order valence-corrected chi connectivity index (χ3v) is 3.23. The number of fused-ring (bicyclic) bond motifs is 1. The monoisotopic (exact) mass is 272 g/mol. The Labute approximate surface area is 115 Å². The van der Waals surface area contributed by atoms with Crippen LogP contribution in [-0.2, 0) is 0 Å². The van der Waals surface area contributed by atoms with Crippen molar-refractivity contribution in [1.29, 1.82) is 0 Å². The molecular formula is C13H16N6O. The summed E-state index contributed by atoms with van der Waals surface area (Å²) in [6.45, 7) is 5.37. The predicted octanol–water partition coefficient (Wildman–Crippen LogP) is 0.756. The van der Waals surface area contributed by atoms with Gasteiger partial charge in [-0.15, -0.1) is 0 Å². The molecule has 3 rings (SSSR count). The fourth-order valence-electron chi connectivity index (χ4n) is 2.26. The Morgan fingerprint density at radius 3 is 2.95 bits per heavy atom. The van der Waals surface area contributed by atoms with Crippen molar-refractivity contribution in [3.8, 4) is 0 Å². The van der Waals surface area contributed by atoms with Crippen LogP contribution >= 0.6 is 0 Å². The molecule has 0 aromatic carbocycles. The van der Waals surface area contributed by atoms with Crippen LogP contribution in [0.25, 0.3) is 11.0 Å². The highest BCUT2D eigenvalue weighted by Gasteiger charge is 2.15. The number of aromatic amines is 1. The molecule has 2 aromatic heterocycles. The second kappa shape index (κ2) is 4.92. The van der Waals surface area contributed by atoms with E-state index in [9.17, 15) is 4.79 Å². The summed E-state index contributed by atoms with van der Waals surface area (Å²) in [7, 11) is 0. The highest BCUT2D eigenvalue weighted by atomic mass is 16.1. The summed E-state index contributed by atoms with van der Waals surface area (Å²) in [5.74, 6) is 0.528. The van der Waals surface area contributed by atoms with Gasteiger partial charge in [0.1, 0.15) is 5.65 Å². The highest BCUT2D eigenvalue weighted by molar-refractivity contribution is 6.03. The van der Waals surface area contributed by atoms with Crippen molar-refractivity contribution in [3.63, 3.8) is 0 Å². The van der Waals surface area contributed by atoms with Gasteiger partial charge >= 0.3 is 0 Å². The number of nitrogens with one attached hydrogen (secondary N) is 3. The quantitative estimate of drug-likeness (QED) is 0.766. The Bertz CT molecular complexity index is 748. The third kappa shape index (κ3) is 2.11. The Morgan fingerprint density at radius 1 is 1.40 bits per heavy atom. The van der Waals surface area contributed by atoms with E-state index in [0.29, 0.717) is 17.2 Å². The van der Waals surface area contributed by atoms with Gasteiger partial charge in [0.2, 0.25) is 5.95 Å². The molecule has 0 bridgehead atoms. The number of nitrogens with zero attached hydrogens (tertiary/aromatic N) is 3. The lowest BCUT2D eigenvalue weighted by Crippen LogP contribution is -2.18. The van der Waals surface area contributed by atoms with E-state index in [0.717, 1.165) is 36.3 Å². The molecule has 0 saturated heterocycles. The average molecular weight is 272 g/mol. The van der Waals surface area contributed by atoms with E-state index in [2.05, 4.69) is 30.8 Å². The van der Waals surface area contributed by atoms with Gasteiger partial charge in [-0.05, 0) is 19.9 Å². The smallest absolute Gasteiger partial charge is 0.258 e. The number of hydrogen-bond donors (Lipinski definition) is 3. The molecule has 3 heterocycles. The van der Waals surface area contributed by atoms with Crippen molar-refractivity contribution in [3.05, 3.63) is 27.7 Å². The first-order valence-corrected chi connectivity index (χ1v) is 6.64. The van der Waals surface area contributed by atoms with Crippen LogP contribution in [0.1, 0.15) is 24.6 Å². The second-order valence-corrected chi connectivity index (χ2v) is 4.65. The van der Waals surface area contributed by atoms with Gasteiger partial charge in [-0.3, -0.25) is 4.79 Å². The molecule has 7 nitrogen and oxygen atoms in total. The van der Waals surface area contributed by atoms with Crippen LogP contribution in [0.2, 0.25) is 0 Å². The van der Waals surface area contributed by atoms with Crippen molar-refractivity contribution >= 4 is 22.7 Å². The zero-order valence-electron chi connectivity index (χ0n) is 11.4. The van der Waals surface area contributed by atoms with Gasteiger partial charge in [-0.2, -0.15) is 10.1 Å². The zero-order chi connectivity index (χ0) is 14.1. The third-order valence-electron chi connectivity index (χ3n) is 3.23. The van der Waals surface area contributed by atoms with Gasteiger partial charge in [-0.25, -0.2) is 4.98 Å². The summed E-state index contributed by atoms with van der Waals surface area (Å²) < 4.78 is 0. The Morgan fingerprint density at radius 2 is 2.25 bits per heavy atom. The number of aromatic nitrogens is 3. The lowest BCUT2D eigenvalue weighted by atomic mass is 10.1. The first kappa shape index (κ1) is 12.6. The normalized spacial score (nSPS) is 14.2. The second-order valence-electron chi connectivity index (χ2n) is 4.65. The molecule has 0 fully saturated rings. The molecule has 0 unspecified atom stereocenters. The standard InChI is InChI=1S/C13H16N6O/c1-3-14-13-16-7(2)8-6-9(10-4-5-15-19-10)12(20)17-11(8)18-13/h6,15H,3-5H2,1-2H3,(H2,14,16,17,18,20). The lowest BCUT2D eigenvalue weighted by Gasteiger charge is -2.07. The zero-order valence-corrected chi connectivity index (χ0v) is 11.4. The number of aryl methyl sites for hydroxylation is 1. The summed E-state index contributed by atoms with van der Waals surface area (Å²) in [5.41, 5.74) is 5.46. The fourth-order valence-corrected chi connectivity index (χ4v) is 2.26. The minimum absolute atomic E-state index is 0.166. The molecule has 3 N–H and O–H groups in total. The molecule has 1 aliphatic heterocycles. The molecule has 0 spiro atoms. The molecule has 104 valence electrons. The van der Waals surface area contributed by atoms with Crippen LogP contribution in [0, 0.1) is 6.92 Å². The SMILES string of the molecule is CCNc1nc(C)c2cc(C3=NNCC3)c(=O)[nH]c2n1. The van der Waals surface area contributed by atoms with Gasteiger partial charge < -0.3 is 15.7 Å². The topological polar surface area (TPSA) is 95.1 Å². The van der Waals surface area contributed by atoms with Crippen LogP contribution in [0.15, 0.2) is 16.0 Å². The number of anilines is 1. The molecule has 0 saturated carbocycles. The van der Waals surface area contributed by atoms with Crippen LogP contribution in [-0.4, -0.2) is 33.8 Å². The molecular weight excluding hydrogens is 256 g/mol. The minimum Gasteiger partial charge on any atom is -0.354 e. The van der Waals surface area contributed by atoms with Crippen LogP contribution in [0.4, 0.5) is 5.95 Å². The summed E-state index contributed by atoms with van der Waals surface area (Å²) in [6.07, 6.45) is 0.754. The van der Waals surface area contributed by atoms with Crippen molar-refractivity contribution in [2.24, 2.45) is 5.10 Å². The first-order valence-electron chi connectivity index (χ1n) is 6.64. The predicted molar refractivity (Wildman–Crippen MR) is 78.2 cm³/mol. The molecule has 0 aliphatic carbocycles. The molecule has 0 atom stereocenters. The summed E-state index contributed by atoms with van der Waals surface area (Å²) >= 11 is 0. The average Bonchev–Trinajstić information content (AvgIpc) is 2.92. The molecule has 0 amide bonds. The molecule has 0 radical (unpaired) electrons. The Hall–Kier alpha value is -2.44. The Kier molecular flexibility index (Phi) is 3.09. The van der Waals surface area contributed by atoms with E-state index < -0.39 is 0 Å². The van der Waals surface area contributed by atoms with Gasteiger partial charge in [0.25, 0.3) is 5.56 Å². The Balaban J connectivity index is 2.18. The van der Waals surface area contributed by atoms with E-state index in [1.54, 1.807) is 0 Å². The largest absolute Gasteiger partial charge is 0.354 e. The maximum atomic E-state index is 12.2. The fraction of sp³-hybridized carbons (Fsp3) is 0.385. The van der Waals surface area contributed by atoms with Crippen LogP contribution < -0.4 is 16.3 Å². The van der Waals surface area contributed by atoms with Crippen LogP contribution in [0.3, 0.4) is 0 Å². The number of rotatable bonds is 3. The van der Waals surface area contributed by atoms with Crippen LogP contribution in [0.5, 0.6) is 0 Å². The maximum absolute atomic E-state index is 12.2. The lowest BCUT2D eigenvalue weighted by molar-refractivity contribution is 0.813. The van der Waals surface area contributed by atoms with Crippen molar-refractivity contribution in [2.45, 2.75) is 20.3 Å². The summed E-state index contributed by atoms with van der Waals surface area (Å²) in [5, 5.41) is 8.04. The van der Waals surface area contributed by atoms with E-state index >= 15 is 0 Å². The molecule has 2 aromatic rings. The van der Waals surface area contributed by atoms with E-state index in [4.69, 9.17) is 0 Å². The highest BCUT2D eigenvalue weighted by Crippen LogP contribution is 2.16. The van der Waals surface area contributed by atoms with Gasteiger partial charge in [0.05, 0.1) is 17.0 Å². The first-order chi connectivity index (χ1) is 9.69. The molecule has 7 heteroatoms. The number of pyridine rings is 1. The number of hydrogen-bond acceptors (Lipinski definition) is 6. The van der Waals surface area contributed by atoms with E-state index in [-0.39, 0.29) is 5.56 Å². The van der Waals surface area contributed by atoms with Crippen molar-refractivity contribution < 1.29 is 0 Å². The van der Waals surface area contributed by atoms with Gasteiger partial charge in [-0.1, -0.05) is 0 Å².